The normalized spacial score (nSPS) is 17.8. The van der Waals surface area contributed by atoms with Gasteiger partial charge >= 0.3 is 10.2 Å². The fraction of sp³-hybridized carbons (Fsp3) is 0.222. The average Bonchev–Trinajstić information content (AvgIpc) is 3.00. The van der Waals surface area contributed by atoms with E-state index in [2.05, 4.69) is 9.71 Å². The summed E-state index contributed by atoms with van der Waals surface area (Å²) in [5, 5.41) is 11.7. The number of aliphatic hydroxyl groups is 1. The molecule has 0 bridgehead atoms. The van der Waals surface area contributed by atoms with Gasteiger partial charge in [0.05, 0.1) is 23.9 Å². The summed E-state index contributed by atoms with van der Waals surface area (Å²) in [7, 11) is -3.85. The van der Waals surface area contributed by atoms with Crippen LogP contribution in [0.1, 0.15) is 17.2 Å². The highest BCUT2D eigenvalue weighted by atomic mass is 35.5. The largest absolute Gasteiger partial charge is 0.396 e. The van der Waals surface area contributed by atoms with Crippen LogP contribution in [0, 0.1) is 0 Å². The Balaban J connectivity index is 1.71. The van der Waals surface area contributed by atoms with Crippen LogP contribution in [-0.2, 0) is 16.8 Å². The molecule has 0 spiro atoms. The summed E-state index contributed by atoms with van der Waals surface area (Å²) >= 11 is 12.2. The minimum absolute atomic E-state index is 0.156. The Morgan fingerprint density at radius 1 is 1.22 bits per heavy atom. The number of aromatic nitrogens is 1. The van der Waals surface area contributed by atoms with Crippen LogP contribution < -0.4 is 4.72 Å². The second-order valence-corrected chi connectivity index (χ2v) is 8.98. The minimum Gasteiger partial charge on any atom is -0.396 e. The van der Waals surface area contributed by atoms with Crippen molar-refractivity contribution in [3.05, 3.63) is 63.8 Å². The van der Waals surface area contributed by atoms with Crippen LogP contribution in [0.25, 0.3) is 10.9 Å². The number of fused-ring (bicyclic) bond motifs is 3. The van der Waals surface area contributed by atoms with Crippen molar-refractivity contribution in [3.8, 4) is 0 Å². The van der Waals surface area contributed by atoms with Crippen LogP contribution in [0.15, 0.2) is 42.5 Å². The standard InChI is InChI=1S/C18H17Cl2N3O3S/c19-12-5-6-15-13(7-12)18-11(10-24)8-23(9-17(18)21-15)27(25,26)22-16-4-2-1-3-14(16)20/h1-7,11,21-22,24H,8-10H2. The van der Waals surface area contributed by atoms with Gasteiger partial charge in [0.25, 0.3) is 0 Å². The maximum atomic E-state index is 12.9. The molecule has 1 aliphatic rings. The van der Waals surface area contributed by atoms with E-state index in [-0.39, 0.29) is 25.6 Å². The molecule has 2 aromatic carbocycles. The highest BCUT2D eigenvalue weighted by Crippen LogP contribution is 2.37. The summed E-state index contributed by atoms with van der Waals surface area (Å²) < 4.78 is 29.6. The van der Waals surface area contributed by atoms with Crippen molar-refractivity contribution in [1.82, 2.24) is 9.29 Å². The quantitative estimate of drug-likeness (QED) is 0.595. The van der Waals surface area contributed by atoms with E-state index in [9.17, 15) is 13.5 Å². The molecule has 142 valence electrons. The number of H-pyrrole nitrogens is 1. The average molecular weight is 426 g/mol. The van der Waals surface area contributed by atoms with Crippen molar-refractivity contribution in [2.45, 2.75) is 12.5 Å². The lowest BCUT2D eigenvalue weighted by molar-refractivity contribution is 0.230. The number of hydrogen-bond donors (Lipinski definition) is 3. The Hall–Kier alpha value is -1.77. The molecule has 1 aliphatic heterocycles. The fourth-order valence-electron chi connectivity index (χ4n) is 3.49. The van der Waals surface area contributed by atoms with Crippen molar-refractivity contribution in [1.29, 1.82) is 0 Å². The molecule has 1 aromatic heterocycles. The molecular formula is C18H17Cl2N3O3S. The van der Waals surface area contributed by atoms with Gasteiger partial charge in [-0.25, -0.2) is 0 Å². The molecule has 0 amide bonds. The van der Waals surface area contributed by atoms with Gasteiger partial charge in [0.1, 0.15) is 0 Å². The van der Waals surface area contributed by atoms with Gasteiger partial charge in [0.2, 0.25) is 0 Å². The third-order valence-corrected chi connectivity index (χ3v) is 6.72. The van der Waals surface area contributed by atoms with Crippen LogP contribution >= 0.6 is 23.2 Å². The van der Waals surface area contributed by atoms with Gasteiger partial charge < -0.3 is 10.1 Å². The molecule has 0 radical (unpaired) electrons. The molecule has 3 N–H and O–H groups in total. The van der Waals surface area contributed by atoms with Crippen molar-refractivity contribution in [2.24, 2.45) is 0 Å². The van der Waals surface area contributed by atoms with E-state index in [1.165, 1.54) is 4.31 Å². The first kappa shape index (κ1) is 18.6. The second-order valence-electron chi connectivity index (χ2n) is 6.47. The molecule has 27 heavy (non-hydrogen) atoms. The first-order valence-electron chi connectivity index (χ1n) is 8.32. The summed E-state index contributed by atoms with van der Waals surface area (Å²) in [6.45, 7) is 0.144. The number of rotatable bonds is 4. The molecule has 4 rings (SSSR count). The first-order chi connectivity index (χ1) is 12.9. The van der Waals surface area contributed by atoms with E-state index in [0.717, 1.165) is 22.2 Å². The van der Waals surface area contributed by atoms with E-state index in [1.54, 1.807) is 30.3 Å². The van der Waals surface area contributed by atoms with Crippen molar-refractivity contribution in [2.75, 3.05) is 17.9 Å². The van der Waals surface area contributed by atoms with Crippen molar-refractivity contribution < 1.29 is 13.5 Å². The number of nitrogens with one attached hydrogen (secondary N) is 2. The van der Waals surface area contributed by atoms with Crippen LogP contribution in [0.5, 0.6) is 0 Å². The molecular weight excluding hydrogens is 409 g/mol. The van der Waals surface area contributed by atoms with E-state index < -0.39 is 10.2 Å². The van der Waals surface area contributed by atoms with Gasteiger partial charge in [-0.2, -0.15) is 12.7 Å². The smallest absolute Gasteiger partial charge is 0.302 e. The topological polar surface area (TPSA) is 85.4 Å². The maximum Gasteiger partial charge on any atom is 0.302 e. The second kappa shape index (κ2) is 7.00. The van der Waals surface area contributed by atoms with Crippen LogP contribution in [0.3, 0.4) is 0 Å². The molecule has 2 heterocycles. The van der Waals surface area contributed by atoms with Crippen molar-refractivity contribution in [3.63, 3.8) is 0 Å². The zero-order valence-electron chi connectivity index (χ0n) is 14.1. The van der Waals surface area contributed by atoms with Crippen LogP contribution in [-0.4, -0.2) is 36.0 Å². The number of para-hydroxylation sites is 1. The van der Waals surface area contributed by atoms with Crippen molar-refractivity contribution >= 4 is 50.0 Å². The number of hydrogen-bond acceptors (Lipinski definition) is 3. The lowest BCUT2D eigenvalue weighted by atomic mass is 9.94. The summed E-state index contributed by atoms with van der Waals surface area (Å²) in [4.78, 5) is 3.26. The Bertz CT molecular complexity index is 1110. The third kappa shape index (κ3) is 3.41. The summed E-state index contributed by atoms with van der Waals surface area (Å²) in [6.07, 6.45) is 0. The molecule has 9 heteroatoms. The van der Waals surface area contributed by atoms with E-state index in [4.69, 9.17) is 23.2 Å². The summed E-state index contributed by atoms with van der Waals surface area (Å²) in [5.41, 5.74) is 2.84. The van der Waals surface area contributed by atoms with E-state index >= 15 is 0 Å². The predicted molar refractivity (Wildman–Crippen MR) is 108 cm³/mol. The Morgan fingerprint density at radius 3 is 2.74 bits per heavy atom. The number of halogens is 2. The molecule has 3 aromatic rings. The Morgan fingerprint density at radius 2 is 2.00 bits per heavy atom. The maximum absolute atomic E-state index is 12.9. The van der Waals surface area contributed by atoms with E-state index in [1.807, 2.05) is 12.1 Å². The number of anilines is 1. The number of benzene rings is 2. The third-order valence-electron chi connectivity index (χ3n) is 4.72. The minimum atomic E-state index is -3.85. The highest BCUT2D eigenvalue weighted by Gasteiger charge is 2.34. The van der Waals surface area contributed by atoms with E-state index in [0.29, 0.717) is 15.7 Å². The summed E-state index contributed by atoms with van der Waals surface area (Å²) in [6, 6.07) is 12.1. The van der Waals surface area contributed by atoms with Crippen LogP contribution in [0.2, 0.25) is 10.0 Å². The molecule has 0 saturated heterocycles. The molecule has 1 atom stereocenters. The molecule has 1 unspecified atom stereocenters. The molecule has 0 aliphatic carbocycles. The first-order valence-corrected chi connectivity index (χ1v) is 10.5. The molecule has 0 saturated carbocycles. The van der Waals surface area contributed by atoms with Gasteiger partial charge in [-0.3, -0.25) is 4.72 Å². The Labute approximate surface area is 166 Å². The number of aromatic amines is 1. The zero-order chi connectivity index (χ0) is 19.2. The fourth-order valence-corrected chi connectivity index (χ4v) is 5.16. The molecule has 6 nitrogen and oxygen atoms in total. The van der Waals surface area contributed by atoms with Gasteiger partial charge in [-0.15, -0.1) is 0 Å². The Kier molecular flexibility index (Phi) is 4.82. The van der Waals surface area contributed by atoms with Gasteiger partial charge in [0, 0.05) is 34.1 Å². The lowest BCUT2D eigenvalue weighted by Crippen LogP contribution is -2.42. The number of nitrogens with zero attached hydrogens (tertiary/aromatic N) is 1. The van der Waals surface area contributed by atoms with Gasteiger partial charge in [0.15, 0.2) is 0 Å². The monoisotopic (exact) mass is 425 g/mol. The predicted octanol–water partition coefficient (Wildman–Crippen LogP) is 3.72. The van der Waals surface area contributed by atoms with Gasteiger partial charge in [-0.05, 0) is 35.9 Å². The lowest BCUT2D eigenvalue weighted by Gasteiger charge is -2.31. The van der Waals surface area contributed by atoms with Crippen LogP contribution in [0.4, 0.5) is 5.69 Å². The van der Waals surface area contributed by atoms with Gasteiger partial charge in [-0.1, -0.05) is 35.3 Å². The molecule has 0 fully saturated rings. The zero-order valence-corrected chi connectivity index (χ0v) is 16.4. The summed E-state index contributed by atoms with van der Waals surface area (Å²) in [5.74, 6) is -0.358. The SMILES string of the molecule is O=S(=O)(Nc1ccccc1Cl)N1Cc2[nH]c3ccc(Cl)cc3c2C(CO)C1. The number of aliphatic hydroxyl groups excluding tert-OH is 1. The highest BCUT2D eigenvalue weighted by molar-refractivity contribution is 7.90.